The van der Waals surface area contributed by atoms with Crippen molar-refractivity contribution in [2.24, 2.45) is 5.92 Å². The van der Waals surface area contributed by atoms with Gasteiger partial charge < -0.3 is 15.4 Å². The standard InChI is InChI=1S/C18H26N2O2/c1-13-6-8-14(9-7-13)17-16(5-3-11-22-17)18(21)20-15-4-2-10-19-12-15/h6-9,15-17,19H,2-5,10-12H2,1H3,(H,20,21)/t15-,16?,17?/m0/s1. The molecule has 2 fully saturated rings. The van der Waals surface area contributed by atoms with Crippen molar-refractivity contribution < 1.29 is 9.53 Å². The normalized spacial score (nSPS) is 29.0. The molecule has 3 rings (SSSR count). The highest BCUT2D eigenvalue weighted by Crippen LogP contribution is 2.34. The van der Waals surface area contributed by atoms with Crippen molar-refractivity contribution in [1.29, 1.82) is 0 Å². The fourth-order valence-electron chi connectivity index (χ4n) is 3.42. The van der Waals surface area contributed by atoms with Crippen LogP contribution in [0.4, 0.5) is 0 Å². The Labute approximate surface area is 132 Å². The second kappa shape index (κ2) is 7.25. The minimum atomic E-state index is -0.106. The third-order valence-electron chi connectivity index (χ3n) is 4.71. The molecule has 0 spiro atoms. The van der Waals surface area contributed by atoms with Crippen molar-refractivity contribution in [1.82, 2.24) is 10.6 Å². The molecule has 2 saturated heterocycles. The Bertz CT molecular complexity index is 494. The van der Waals surface area contributed by atoms with E-state index in [0.717, 1.165) is 50.9 Å². The molecule has 4 heteroatoms. The number of hydrogen-bond acceptors (Lipinski definition) is 3. The third kappa shape index (κ3) is 3.68. The van der Waals surface area contributed by atoms with E-state index in [9.17, 15) is 4.79 Å². The Morgan fingerprint density at radius 3 is 2.77 bits per heavy atom. The highest BCUT2D eigenvalue weighted by Gasteiger charge is 2.34. The van der Waals surface area contributed by atoms with E-state index >= 15 is 0 Å². The third-order valence-corrected chi connectivity index (χ3v) is 4.71. The zero-order chi connectivity index (χ0) is 15.4. The van der Waals surface area contributed by atoms with E-state index in [1.54, 1.807) is 0 Å². The van der Waals surface area contributed by atoms with Gasteiger partial charge in [0.1, 0.15) is 0 Å². The van der Waals surface area contributed by atoms with E-state index in [0.29, 0.717) is 0 Å². The summed E-state index contributed by atoms with van der Waals surface area (Å²) in [4.78, 5) is 12.7. The van der Waals surface area contributed by atoms with Crippen molar-refractivity contribution in [3.63, 3.8) is 0 Å². The van der Waals surface area contributed by atoms with Gasteiger partial charge >= 0.3 is 0 Å². The van der Waals surface area contributed by atoms with E-state index in [2.05, 4.69) is 41.8 Å². The van der Waals surface area contributed by atoms with E-state index in [1.165, 1.54) is 5.56 Å². The van der Waals surface area contributed by atoms with Crippen LogP contribution in [0.3, 0.4) is 0 Å². The smallest absolute Gasteiger partial charge is 0.226 e. The lowest BCUT2D eigenvalue weighted by Gasteiger charge is -2.33. The van der Waals surface area contributed by atoms with Gasteiger partial charge in [0.15, 0.2) is 0 Å². The predicted molar refractivity (Wildman–Crippen MR) is 86.6 cm³/mol. The fourth-order valence-corrected chi connectivity index (χ4v) is 3.42. The van der Waals surface area contributed by atoms with Crippen LogP contribution in [0.25, 0.3) is 0 Å². The monoisotopic (exact) mass is 302 g/mol. The summed E-state index contributed by atoms with van der Waals surface area (Å²) in [5.74, 6) is 0.0809. The number of carbonyl (C=O) groups is 1. The number of ether oxygens (including phenoxy) is 1. The Hall–Kier alpha value is -1.39. The van der Waals surface area contributed by atoms with Gasteiger partial charge in [-0.05, 0) is 44.7 Å². The molecule has 1 amide bonds. The molecule has 2 N–H and O–H groups in total. The summed E-state index contributed by atoms with van der Waals surface area (Å²) in [6, 6.07) is 8.63. The molecule has 2 unspecified atom stereocenters. The zero-order valence-corrected chi connectivity index (χ0v) is 13.3. The number of carbonyl (C=O) groups excluding carboxylic acids is 1. The summed E-state index contributed by atoms with van der Waals surface area (Å²) >= 11 is 0. The molecule has 0 aromatic heterocycles. The van der Waals surface area contributed by atoms with Crippen molar-refractivity contribution in [3.05, 3.63) is 35.4 Å². The van der Waals surface area contributed by atoms with E-state index in [-0.39, 0.29) is 24.0 Å². The molecule has 0 bridgehead atoms. The quantitative estimate of drug-likeness (QED) is 0.901. The first kappa shape index (κ1) is 15.5. The van der Waals surface area contributed by atoms with Crippen LogP contribution in [0.1, 0.15) is 42.9 Å². The summed E-state index contributed by atoms with van der Waals surface area (Å²) in [5.41, 5.74) is 2.35. The Morgan fingerprint density at radius 1 is 1.23 bits per heavy atom. The highest BCUT2D eigenvalue weighted by atomic mass is 16.5. The summed E-state index contributed by atoms with van der Waals surface area (Å²) in [6.45, 7) is 4.76. The lowest BCUT2D eigenvalue weighted by Crippen LogP contribution is -2.49. The predicted octanol–water partition coefficient (Wildman–Crippen LogP) is 2.33. The van der Waals surface area contributed by atoms with Crippen LogP contribution in [0.5, 0.6) is 0 Å². The topological polar surface area (TPSA) is 50.4 Å². The lowest BCUT2D eigenvalue weighted by molar-refractivity contribution is -0.135. The molecular weight excluding hydrogens is 276 g/mol. The Kier molecular flexibility index (Phi) is 5.11. The van der Waals surface area contributed by atoms with Crippen LogP contribution in [-0.2, 0) is 9.53 Å². The minimum Gasteiger partial charge on any atom is -0.373 e. The second-order valence-corrected chi connectivity index (χ2v) is 6.50. The van der Waals surface area contributed by atoms with Gasteiger partial charge in [-0.25, -0.2) is 0 Å². The van der Waals surface area contributed by atoms with Crippen molar-refractivity contribution in [2.75, 3.05) is 19.7 Å². The van der Waals surface area contributed by atoms with Gasteiger partial charge in [0, 0.05) is 19.2 Å². The number of piperidine rings is 1. The molecule has 22 heavy (non-hydrogen) atoms. The molecule has 120 valence electrons. The van der Waals surface area contributed by atoms with Gasteiger partial charge in [0.05, 0.1) is 12.0 Å². The van der Waals surface area contributed by atoms with Crippen LogP contribution in [0.2, 0.25) is 0 Å². The van der Waals surface area contributed by atoms with Crippen LogP contribution >= 0.6 is 0 Å². The summed E-state index contributed by atoms with van der Waals surface area (Å²) in [6.07, 6.45) is 3.97. The van der Waals surface area contributed by atoms with Gasteiger partial charge in [0.25, 0.3) is 0 Å². The van der Waals surface area contributed by atoms with Gasteiger partial charge in [-0.3, -0.25) is 4.79 Å². The van der Waals surface area contributed by atoms with Crippen molar-refractivity contribution in [3.8, 4) is 0 Å². The van der Waals surface area contributed by atoms with Crippen LogP contribution < -0.4 is 10.6 Å². The first-order valence-corrected chi connectivity index (χ1v) is 8.43. The molecule has 2 aliphatic heterocycles. The molecule has 0 aliphatic carbocycles. The number of benzene rings is 1. The number of amides is 1. The number of rotatable bonds is 3. The van der Waals surface area contributed by atoms with Gasteiger partial charge in [-0.1, -0.05) is 29.8 Å². The summed E-state index contributed by atoms with van der Waals surface area (Å²) in [7, 11) is 0. The maximum absolute atomic E-state index is 12.7. The first-order valence-electron chi connectivity index (χ1n) is 8.43. The van der Waals surface area contributed by atoms with Crippen molar-refractivity contribution >= 4 is 5.91 Å². The summed E-state index contributed by atoms with van der Waals surface area (Å²) < 4.78 is 5.95. The molecule has 2 heterocycles. The zero-order valence-electron chi connectivity index (χ0n) is 13.3. The number of hydrogen-bond donors (Lipinski definition) is 2. The highest BCUT2D eigenvalue weighted by molar-refractivity contribution is 5.80. The Morgan fingerprint density at radius 2 is 2.05 bits per heavy atom. The molecular formula is C18H26N2O2. The number of nitrogens with one attached hydrogen (secondary N) is 2. The fraction of sp³-hybridized carbons (Fsp3) is 0.611. The van der Waals surface area contributed by atoms with Crippen molar-refractivity contribution in [2.45, 2.75) is 44.8 Å². The maximum atomic E-state index is 12.7. The van der Waals surface area contributed by atoms with Gasteiger partial charge in [0.2, 0.25) is 5.91 Å². The van der Waals surface area contributed by atoms with Crippen LogP contribution in [0.15, 0.2) is 24.3 Å². The van der Waals surface area contributed by atoms with Gasteiger partial charge in [-0.2, -0.15) is 0 Å². The molecule has 1 aromatic rings. The molecule has 0 radical (unpaired) electrons. The van der Waals surface area contributed by atoms with E-state index < -0.39 is 0 Å². The average molecular weight is 302 g/mol. The largest absolute Gasteiger partial charge is 0.373 e. The molecule has 3 atom stereocenters. The van der Waals surface area contributed by atoms with E-state index in [1.807, 2.05) is 0 Å². The average Bonchev–Trinajstić information content (AvgIpc) is 2.56. The van der Waals surface area contributed by atoms with Crippen LogP contribution in [-0.4, -0.2) is 31.6 Å². The molecule has 1 aromatic carbocycles. The molecule has 4 nitrogen and oxygen atoms in total. The second-order valence-electron chi connectivity index (χ2n) is 6.50. The molecule has 2 aliphatic rings. The Balaban J connectivity index is 1.68. The first-order chi connectivity index (χ1) is 10.7. The van der Waals surface area contributed by atoms with Crippen LogP contribution in [0, 0.1) is 12.8 Å². The lowest BCUT2D eigenvalue weighted by atomic mass is 9.88. The number of aryl methyl sites for hydroxylation is 1. The summed E-state index contributed by atoms with van der Waals surface area (Å²) in [5, 5.41) is 6.56. The maximum Gasteiger partial charge on any atom is 0.226 e. The minimum absolute atomic E-state index is 0.0709. The van der Waals surface area contributed by atoms with Gasteiger partial charge in [-0.15, -0.1) is 0 Å². The van der Waals surface area contributed by atoms with E-state index in [4.69, 9.17) is 4.74 Å². The molecule has 0 saturated carbocycles. The SMILES string of the molecule is Cc1ccc(C2OCCCC2C(=O)N[C@H]2CCCNC2)cc1.